The third-order valence-corrected chi connectivity index (χ3v) is 4.45. The van der Waals surface area contributed by atoms with E-state index in [-0.39, 0.29) is 0 Å². The van der Waals surface area contributed by atoms with E-state index < -0.39 is 0 Å². The van der Waals surface area contributed by atoms with E-state index in [0.717, 1.165) is 11.8 Å². The average molecular weight is 224 g/mol. The molecular weight excluding hydrogens is 196 g/mol. The molecule has 0 amide bonds. The lowest BCUT2D eigenvalue weighted by atomic mass is 10.0. The van der Waals surface area contributed by atoms with Crippen molar-refractivity contribution in [1.29, 1.82) is 0 Å². The Labute approximate surface area is 101 Å². The topological polar surface area (TPSA) is 15.3 Å². The van der Waals surface area contributed by atoms with Crippen LogP contribution in [0.5, 0.6) is 0 Å². The van der Waals surface area contributed by atoms with Gasteiger partial charge in [0.05, 0.1) is 0 Å². The normalized spacial score (nSPS) is 29.8. The summed E-state index contributed by atoms with van der Waals surface area (Å²) in [5.41, 5.74) is 0. The van der Waals surface area contributed by atoms with E-state index in [0.29, 0.717) is 0 Å². The number of hydrogen-bond donors (Lipinski definition) is 1. The van der Waals surface area contributed by atoms with Crippen molar-refractivity contribution >= 4 is 0 Å². The first-order valence-corrected chi connectivity index (χ1v) is 7.27. The molecule has 0 bridgehead atoms. The number of nitrogens with one attached hydrogen (secondary N) is 1. The van der Waals surface area contributed by atoms with Crippen LogP contribution in [-0.2, 0) is 0 Å². The molecular formula is C14H28N2. The molecule has 1 heterocycles. The van der Waals surface area contributed by atoms with Gasteiger partial charge in [0.25, 0.3) is 0 Å². The predicted octanol–water partition coefficient (Wildman–Crippen LogP) is 2.50. The molecule has 1 N–H and O–H groups in total. The van der Waals surface area contributed by atoms with E-state index in [1.54, 1.807) is 0 Å². The first-order chi connectivity index (χ1) is 7.90. The molecule has 16 heavy (non-hydrogen) atoms. The Hall–Kier alpha value is -0.0800. The minimum Gasteiger partial charge on any atom is -0.320 e. The van der Waals surface area contributed by atoms with E-state index >= 15 is 0 Å². The maximum absolute atomic E-state index is 3.22. The number of likely N-dealkylation sites (tertiary alicyclic amines) is 1. The monoisotopic (exact) mass is 224 g/mol. The van der Waals surface area contributed by atoms with Gasteiger partial charge in [0.15, 0.2) is 0 Å². The van der Waals surface area contributed by atoms with Gasteiger partial charge < -0.3 is 10.2 Å². The predicted molar refractivity (Wildman–Crippen MR) is 69.7 cm³/mol. The van der Waals surface area contributed by atoms with Crippen LogP contribution in [0.25, 0.3) is 0 Å². The molecule has 1 saturated heterocycles. The molecule has 1 aliphatic heterocycles. The second-order valence-corrected chi connectivity index (χ2v) is 5.73. The summed E-state index contributed by atoms with van der Waals surface area (Å²) in [7, 11) is 2.04. The lowest BCUT2D eigenvalue weighted by Crippen LogP contribution is -2.22. The van der Waals surface area contributed by atoms with Gasteiger partial charge in [-0.15, -0.1) is 0 Å². The third-order valence-electron chi connectivity index (χ3n) is 4.45. The summed E-state index contributed by atoms with van der Waals surface area (Å²) >= 11 is 0. The summed E-state index contributed by atoms with van der Waals surface area (Å²) in [5.74, 6) is 2.15. The fraction of sp³-hybridized carbons (Fsp3) is 1.00. The van der Waals surface area contributed by atoms with E-state index in [9.17, 15) is 0 Å². The van der Waals surface area contributed by atoms with Crippen molar-refractivity contribution in [3.05, 3.63) is 0 Å². The Bertz CT molecular complexity index is 181. The molecule has 1 aliphatic carbocycles. The summed E-state index contributed by atoms with van der Waals surface area (Å²) in [6.07, 6.45) is 10.1. The second kappa shape index (κ2) is 6.61. The fourth-order valence-electron chi connectivity index (χ4n) is 3.51. The van der Waals surface area contributed by atoms with Gasteiger partial charge >= 0.3 is 0 Å². The molecule has 2 heteroatoms. The zero-order valence-electron chi connectivity index (χ0n) is 10.9. The number of rotatable bonds is 7. The molecule has 2 nitrogen and oxygen atoms in total. The molecule has 2 fully saturated rings. The number of fused-ring (bicyclic) bond motifs is 1. The highest BCUT2D eigenvalue weighted by Gasteiger charge is 2.35. The number of hydrogen-bond acceptors (Lipinski definition) is 2. The van der Waals surface area contributed by atoms with Gasteiger partial charge in [-0.05, 0) is 57.7 Å². The highest BCUT2D eigenvalue weighted by atomic mass is 15.2. The summed E-state index contributed by atoms with van der Waals surface area (Å²) in [5, 5.41) is 3.22. The molecule has 2 aliphatic rings. The van der Waals surface area contributed by atoms with Crippen LogP contribution in [-0.4, -0.2) is 38.1 Å². The second-order valence-electron chi connectivity index (χ2n) is 5.73. The molecule has 0 spiro atoms. The van der Waals surface area contributed by atoms with Gasteiger partial charge in [0.1, 0.15) is 0 Å². The van der Waals surface area contributed by atoms with Crippen molar-refractivity contribution < 1.29 is 0 Å². The van der Waals surface area contributed by atoms with E-state index in [4.69, 9.17) is 0 Å². The van der Waals surface area contributed by atoms with Crippen LogP contribution < -0.4 is 5.32 Å². The van der Waals surface area contributed by atoms with Crippen LogP contribution in [0.4, 0.5) is 0 Å². The Kier molecular flexibility index (Phi) is 5.11. The molecule has 0 radical (unpaired) electrons. The lowest BCUT2D eigenvalue weighted by molar-refractivity contribution is 0.302. The molecule has 0 aromatic rings. The molecule has 2 atom stereocenters. The van der Waals surface area contributed by atoms with Crippen LogP contribution in [0.3, 0.4) is 0 Å². The van der Waals surface area contributed by atoms with Crippen molar-refractivity contribution in [1.82, 2.24) is 10.2 Å². The van der Waals surface area contributed by atoms with Crippen molar-refractivity contribution in [2.75, 3.05) is 33.2 Å². The molecule has 2 unspecified atom stereocenters. The lowest BCUT2D eigenvalue weighted by Gasteiger charge is -2.16. The standard InChI is InChI=1S/C14H28N2/c1-15-9-4-2-3-5-10-16-11-13-7-6-8-14(13)12-16/h13-15H,2-12H2,1H3. The highest BCUT2D eigenvalue weighted by Crippen LogP contribution is 2.37. The highest BCUT2D eigenvalue weighted by molar-refractivity contribution is 4.88. The van der Waals surface area contributed by atoms with Gasteiger partial charge in [-0.3, -0.25) is 0 Å². The zero-order chi connectivity index (χ0) is 11.2. The molecule has 1 saturated carbocycles. The Morgan fingerprint density at radius 2 is 1.69 bits per heavy atom. The van der Waals surface area contributed by atoms with Crippen LogP contribution >= 0.6 is 0 Å². The van der Waals surface area contributed by atoms with Gasteiger partial charge in [-0.2, -0.15) is 0 Å². The fourth-order valence-corrected chi connectivity index (χ4v) is 3.51. The van der Waals surface area contributed by atoms with E-state index in [2.05, 4.69) is 10.2 Å². The van der Waals surface area contributed by atoms with Gasteiger partial charge in [-0.1, -0.05) is 19.3 Å². The molecule has 0 aromatic carbocycles. The minimum atomic E-state index is 1.07. The third kappa shape index (κ3) is 3.46. The van der Waals surface area contributed by atoms with Crippen LogP contribution in [0.1, 0.15) is 44.9 Å². The Morgan fingerprint density at radius 3 is 2.38 bits per heavy atom. The smallest absolute Gasteiger partial charge is 0.00129 e. The van der Waals surface area contributed by atoms with E-state index in [1.807, 2.05) is 7.05 Å². The van der Waals surface area contributed by atoms with Crippen molar-refractivity contribution in [3.8, 4) is 0 Å². The average Bonchev–Trinajstić information content (AvgIpc) is 2.83. The van der Waals surface area contributed by atoms with Crippen LogP contribution in [0, 0.1) is 11.8 Å². The van der Waals surface area contributed by atoms with Crippen molar-refractivity contribution in [2.45, 2.75) is 44.9 Å². The maximum Gasteiger partial charge on any atom is 0.00129 e. The quantitative estimate of drug-likeness (QED) is 0.668. The summed E-state index contributed by atoms with van der Waals surface area (Å²) < 4.78 is 0. The molecule has 2 rings (SSSR count). The van der Waals surface area contributed by atoms with Crippen molar-refractivity contribution in [2.24, 2.45) is 11.8 Å². The summed E-state index contributed by atoms with van der Waals surface area (Å²) in [6, 6.07) is 0. The first kappa shape index (κ1) is 12.4. The number of unbranched alkanes of at least 4 members (excludes halogenated alkanes) is 3. The van der Waals surface area contributed by atoms with E-state index in [1.165, 1.54) is 71.1 Å². The van der Waals surface area contributed by atoms with Crippen LogP contribution in [0.2, 0.25) is 0 Å². The van der Waals surface area contributed by atoms with Gasteiger partial charge in [0.2, 0.25) is 0 Å². The van der Waals surface area contributed by atoms with Gasteiger partial charge in [-0.25, -0.2) is 0 Å². The number of nitrogens with zero attached hydrogens (tertiary/aromatic N) is 1. The largest absolute Gasteiger partial charge is 0.320 e. The summed E-state index contributed by atoms with van der Waals surface area (Å²) in [4.78, 5) is 2.73. The van der Waals surface area contributed by atoms with Gasteiger partial charge in [0, 0.05) is 13.1 Å². The Morgan fingerprint density at radius 1 is 1.00 bits per heavy atom. The molecule has 0 aromatic heterocycles. The molecule has 94 valence electrons. The summed E-state index contributed by atoms with van der Waals surface area (Å²) in [6.45, 7) is 5.39. The Balaban J connectivity index is 1.48. The van der Waals surface area contributed by atoms with Crippen LogP contribution in [0.15, 0.2) is 0 Å². The van der Waals surface area contributed by atoms with Crippen molar-refractivity contribution in [3.63, 3.8) is 0 Å². The minimum absolute atomic E-state index is 1.07. The zero-order valence-corrected chi connectivity index (χ0v) is 10.9. The first-order valence-electron chi connectivity index (χ1n) is 7.27. The maximum atomic E-state index is 3.22. The SMILES string of the molecule is CNCCCCCCN1CC2CCCC2C1.